The normalized spacial score (nSPS) is 9.27. The van der Waals surface area contributed by atoms with Gasteiger partial charge in [-0.1, -0.05) is 0 Å². The maximum Gasteiger partial charge on any atom is 0.166 e. The minimum atomic E-state index is -1.34. The second kappa shape index (κ2) is 4.96. The van der Waals surface area contributed by atoms with Gasteiger partial charge in [0.2, 0.25) is 0 Å². The van der Waals surface area contributed by atoms with Crippen LogP contribution in [0.1, 0.15) is 6.92 Å². The van der Waals surface area contributed by atoms with Gasteiger partial charge >= 0.3 is 0 Å². The molecular weight excluding hydrogens is 170 g/mol. The summed E-state index contributed by atoms with van der Waals surface area (Å²) >= 11 is 5.17. The number of rotatable bonds is 4. The minimum absolute atomic E-state index is 0.163. The van der Waals surface area contributed by atoms with Crippen LogP contribution in [0.25, 0.3) is 0 Å². The molecule has 1 amide bonds. The van der Waals surface area contributed by atoms with Gasteiger partial charge in [0.1, 0.15) is 6.09 Å². The molecule has 0 aliphatic heterocycles. The molecule has 4 nitrogen and oxygen atoms in total. The lowest BCUT2D eigenvalue weighted by molar-refractivity contribution is -0.265. The predicted molar refractivity (Wildman–Crippen MR) is 38.4 cm³/mol. The van der Waals surface area contributed by atoms with E-state index in [4.69, 9.17) is 11.6 Å². The number of Topliss-reactive ketones (excluding diaryl/α,β-unsaturated/α-hetero) is 1. The van der Waals surface area contributed by atoms with Crippen LogP contribution in [0, 0.1) is 0 Å². The summed E-state index contributed by atoms with van der Waals surface area (Å²) < 4.78 is 0. The predicted octanol–water partition coefficient (Wildman–Crippen LogP) is -0.540. The molecule has 0 radical (unpaired) electrons. The first-order chi connectivity index (χ1) is 5.11. The number of hydrogen-bond donors (Lipinski definition) is 0. The van der Waals surface area contributed by atoms with Crippen molar-refractivity contribution in [3.8, 4) is 0 Å². The molecule has 0 aromatic carbocycles. The summed E-state index contributed by atoms with van der Waals surface area (Å²) in [5, 5.41) is 10.2. The Morgan fingerprint density at radius 1 is 1.55 bits per heavy atom. The van der Waals surface area contributed by atoms with E-state index in [9.17, 15) is 14.7 Å². The smallest absolute Gasteiger partial charge is 0.166 e. The van der Waals surface area contributed by atoms with Crippen LogP contribution in [0.2, 0.25) is 0 Å². The first kappa shape index (κ1) is 10.2. The number of alkyl halides is 1. The molecule has 0 bridgehead atoms. The van der Waals surface area contributed by atoms with Gasteiger partial charge in [0.15, 0.2) is 5.78 Å². The molecule has 0 aliphatic rings. The van der Waals surface area contributed by atoms with Gasteiger partial charge in [0.25, 0.3) is 0 Å². The fraction of sp³-hybridized carbons (Fsp3) is 0.667. The number of halogens is 1. The maximum absolute atomic E-state index is 10.6. The van der Waals surface area contributed by atoms with Crippen molar-refractivity contribution in [1.29, 1.82) is 0 Å². The molecule has 5 heteroatoms. The third kappa shape index (κ3) is 3.83. The van der Waals surface area contributed by atoms with Crippen LogP contribution in [0.3, 0.4) is 0 Å². The molecule has 0 unspecified atom stereocenters. The molecule has 0 atom stereocenters. The number of hydrogen-bond acceptors (Lipinski definition) is 3. The van der Waals surface area contributed by atoms with Crippen LogP contribution in [0.5, 0.6) is 0 Å². The fourth-order valence-corrected chi connectivity index (χ4v) is 0.645. The topological polar surface area (TPSA) is 60.4 Å². The number of carbonyl (C=O) groups excluding carboxylic acids is 2. The van der Waals surface area contributed by atoms with E-state index in [1.165, 1.54) is 0 Å². The zero-order valence-electron chi connectivity index (χ0n) is 6.17. The SMILES string of the molecule is CCN(CC(=O)CCl)C(=O)[O-]. The summed E-state index contributed by atoms with van der Waals surface area (Å²) in [6.45, 7) is 1.69. The van der Waals surface area contributed by atoms with Gasteiger partial charge in [0, 0.05) is 6.54 Å². The van der Waals surface area contributed by atoms with Crippen molar-refractivity contribution in [2.75, 3.05) is 19.0 Å². The highest BCUT2D eigenvalue weighted by Gasteiger charge is 2.06. The van der Waals surface area contributed by atoms with Crippen molar-refractivity contribution in [2.45, 2.75) is 6.92 Å². The Labute approximate surface area is 69.7 Å². The zero-order valence-corrected chi connectivity index (χ0v) is 6.93. The van der Waals surface area contributed by atoms with Crippen LogP contribution >= 0.6 is 11.6 Å². The molecule has 0 N–H and O–H groups in total. The summed E-state index contributed by atoms with van der Waals surface area (Å²) in [5.41, 5.74) is 0. The zero-order chi connectivity index (χ0) is 8.85. The number of nitrogens with zero attached hydrogens (tertiary/aromatic N) is 1. The van der Waals surface area contributed by atoms with Gasteiger partial charge < -0.3 is 14.8 Å². The van der Waals surface area contributed by atoms with Crippen molar-refractivity contribution < 1.29 is 14.7 Å². The van der Waals surface area contributed by atoms with Crippen molar-refractivity contribution in [1.82, 2.24) is 4.90 Å². The third-order valence-corrected chi connectivity index (χ3v) is 1.45. The second-order valence-corrected chi connectivity index (χ2v) is 2.22. The van der Waals surface area contributed by atoms with Crippen LogP contribution in [-0.2, 0) is 4.79 Å². The van der Waals surface area contributed by atoms with Crippen LogP contribution in [0.4, 0.5) is 4.79 Å². The minimum Gasteiger partial charge on any atom is -0.530 e. The molecule has 0 fully saturated rings. The Hall–Kier alpha value is -0.770. The summed E-state index contributed by atoms with van der Waals surface area (Å²) in [5.74, 6) is -0.484. The molecule has 64 valence electrons. The molecular formula is C6H9ClNO3-. The Kier molecular flexibility index (Phi) is 4.61. The van der Waals surface area contributed by atoms with E-state index in [0.717, 1.165) is 4.90 Å². The maximum atomic E-state index is 10.6. The Morgan fingerprint density at radius 3 is 2.36 bits per heavy atom. The molecule has 0 heterocycles. The lowest BCUT2D eigenvalue weighted by atomic mass is 10.4. The lowest BCUT2D eigenvalue weighted by Gasteiger charge is -2.21. The number of carboxylic acid groups (broad SMARTS) is 1. The summed E-state index contributed by atoms with van der Waals surface area (Å²) in [6, 6.07) is 0. The van der Waals surface area contributed by atoms with Crippen LogP contribution in [0.15, 0.2) is 0 Å². The second-order valence-electron chi connectivity index (χ2n) is 1.95. The first-order valence-corrected chi connectivity index (χ1v) is 3.68. The van der Waals surface area contributed by atoms with Crippen molar-refractivity contribution in [3.63, 3.8) is 0 Å². The molecule has 0 spiro atoms. The van der Waals surface area contributed by atoms with E-state index in [-0.39, 0.29) is 24.8 Å². The molecule has 0 rings (SSSR count). The molecule has 0 aliphatic carbocycles. The molecule has 0 saturated heterocycles. The van der Waals surface area contributed by atoms with Gasteiger partial charge in [-0.2, -0.15) is 0 Å². The lowest BCUT2D eigenvalue weighted by Crippen LogP contribution is -2.44. The Bertz CT molecular complexity index is 160. The van der Waals surface area contributed by atoms with Gasteiger partial charge in [-0.05, 0) is 6.92 Å². The Morgan fingerprint density at radius 2 is 2.09 bits per heavy atom. The highest BCUT2D eigenvalue weighted by Crippen LogP contribution is 1.88. The number of amides is 1. The van der Waals surface area contributed by atoms with E-state index < -0.39 is 6.09 Å². The molecule has 0 saturated carbocycles. The van der Waals surface area contributed by atoms with Gasteiger partial charge in [-0.3, -0.25) is 4.79 Å². The third-order valence-electron chi connectivity index (χ3n) is 1.16. The average Bonchev–Trinajstić information content (AvgIpc) is 1.99. The van der Waals surface area contributed by atoms with Crippen molar-refractivity contribution in [2.24, 2.45) is 0 Å². The average molecular weight is 179 g/mol. The van der Waals surface area contributed by atoms with Crippen LogP contribution in [-0.4, -0.2) is 35.7 Å². The highest BCUT2D eigenvalue weighted by atomic mass is 35.5. The summed E-state index contributed by atoms with van der Waals surface area (Å²) in [7, 11) is 0. The summed E-state index contributed by atoms with van der Waals surface area (Å²) in [6.07, 6.45) is -1.34. The number of ketones is 1. The van der Waals surface area contributed by atoms with Crippen LogP contribution < -0.4 is 5.11 Å². The largest absolute Gasteiger partial charge is 0.530 e. The van der Waals surface area contributed by atoms with Gasteiger partial charge in [0.05, 0.1) is 12.4 Å². The quantitative estimate of drug-likeness (QED) is 0.544. The standard InChI is InChI=1S/C6H10ClNO3/c1-2-8(6(10)11)4-5(9)3-7/h2-4H2,1H3,(H,10,11)/p-1. The van der Waals surface area contributed by atoms with Crippen molar-refractivity contribution >= 4 is 23.5 Å². The number of carbonyl (C=O) groups is 2. The fourth-order valence-electron chi connectivity index (χ4n) is 0.561. The van der Waals surface area contributed by atoms with E-state index in [0.29, 0.717) is 0 Å². The molecule has 11 heavy (non-hydrogen) atoms. The Balaban J connectivity index is 3.88. The first-order valence-electron chi connectivity index (χ1n) is 3.15. The van der Waals surface area contributed by atoms with E-state index in [2.05, 4.69) is 0 Å². The van der Waals surface area contributed by atoms with Gasteiger partial charge in [-0.25, -0.2) is 0 Å². The summed E-state index contributed by atoms with van der Waals surface area (Å²) in [4.78, 5) is 21.7. The van der Waals surface area contributed by atoms with Crippen molar-refractivity contribution in [3.05, 3.63) is 0 Å². The monoisotopic (exact) mass is 178 g/mol. The van der Waals surface area contributed by atoms with E-state index in [1.807, 2.05) is 0 Å². The highest BCUT2D eigenvalue weighted by molar-refractivity contribution is 6.28. The van der Waals surface area contributed by atoms with Gasteiger partial charge in [-0.15, -0.1) is 11.6 Å². The van der Waals surface area contributed by atoms with E-state index >= 15 is 0 Å². The van der Waals surface area contributed by atoms with E-state index in [1.54, 1.807) is 6.92 Å². The molecule has 0 aromatic heterocycles. The number of likely N-dealkylation sites (N-methyl/N-ethyl adjacent to an activating group) is 1. The molecule has 0 aromatic rings.